The third-order valence-corrected chi connectivity index (χ3v) is 8.21. The Morgan fingerprint density at radius 1 is 0.977 bits per heavy atom. The van der Waals surface area contributed by atoms with Gasteiger partial charge in [0.2, 0.25) is 5.91 Å². The fraction of sp³-hybridized carbons (Fsp3) is 0.361. The van der Waals surface area contributed by atoms with Crippen LogP contribution in [-0.2, 0) is 9.53 Å². The molecule has 224 valence electrons. The summed E-state index contributed by atoms with van der Waals surface area (Å²) in [5, 5.41) is 7.19. The highest BCUT2D eigenvalue weighted by Crippen LogP contribution is 2.32. The number of nitrogens with one attached hydrogen (secondary N) is 1. The molecular weight excluding hydrogens is 538 g/mol. The molecule has 0 aliphatic carbocycles. The number of nitrogens with zero attached hydrogens (tertiary/aromatic N) is 2. The van der Waals surface area contributed by atoms with E-state index in [1.54, 1.807) is 6.92 Å². The van der Waals surface area contributed by atoms with Crippen LogP contribution in [0, 0.1) is 12.8 Å². The van der Waals surface area contributed by atoms with Gasteiger partial charge in [-0.25, -0.2) is 4.79 Å². The van der Waals surface area contributed by atoms with Crippen LogP contribution in [0.15, 0.2) is 89.5 Å². The van der Waals surface area contributed by atoms with E-state index in [0.29, 0.717) is 22.9 Å². The lowest BCUT2D eigenvalue weighted by Gasteiger charge is -2.32. The van der Waals surface area contributed by atoms with Gasteiger partial charge in [-0.2, -0.15) is 0 Å². The van der Waals surface area contributed by atoms with Gasteiger partial charge in [-0.15, -0.1) is 0 Å². The minimum atomic E-state index is -0.418. The smallest absolute Gasteiger partial charge is 0.344 e. The monoisotopic (exact) mass is 579 g/mol. The lowest BCUT2D eigenvalue weighted by molar-refractivity contribution is -0.118. The number of esters is 1. The summed E-state index contributed by atoms with van der Waals surface area (Å²) in [5.74, 6) is 0.511. The Balaban J connectivity index is 1.17. The summed E-state index contributed by atoms with van der Waals surface area (Å²) in [4.78, 5) is 28.1. The average Bonchev–Trinajstić information content (AvgIpc) is 3.43. The van der Waals surface area contributed by atoms with E-state index in [9.17, 15) is 9.59 Å². The molecule has 1 aliphatic heterocycles. The first-order valence-electron chi connectivity index (χ1n) is 15.3. The molecule has 1 saturated heterocycles. The van der Waals surface area contributed by atoms with Crippen LogP contribution in [0.2, 0.25) is 0 Å². The van der Waals surface area contributed by atoms with Crippen LogP contribution in [0.4, 0.5) is 5.69 Å². The molecule has 7 heteroatoms. The van der Waals surface area contributed by atoms with Gasteiger partial charge in [-0.3, -0.25) is 4.79 Å². The van der Waals surface area contributed by atoms with E-state index in [0.717, 1.165) is 62.1 Å². The van der Waals surface area contributed by atoms with Crippen LogP contribution in [0.25, 0.3) is 11.3 Å². The second-order valence-electron chi connectivity index (χ2n) is 11.7. The van der Waals surface area contributed by atoms with Gasteiger partial charge in [0.05, 0.1) is 0 Å². The number of benzene rings is 3. The molecule has 1 unspecified atom stereocenters. The van der Waals surface area contributed by atoms with E-state index in [1.807, 2.05) is 86.6 Å². The highest BCUT2D eigenvalue weighted by molar-refractivity contribution is 5.97. The standard InChI is InChI=1S/C36H41N3O4/c1-25(2)35(40)37-31-17-10-16-30(24-31)27-19-22-39(23-20-27)21-11-18-32(28-12-6-4-7-13-28)42-36(41)33-26(3)43-38-34(33)29-14-8-5-9-15-29/h4-10,12-17,24-25,27,32H,11,18-23H2,1-3H3,(H,37,40). The Morgan fingerprint density at radius 2 is 1.67 bits per heavy atom. The summed E-state index contributed by atoms with van der Waals surface area (Å²) < 4.78 is 11.6. The van der Waals surface area contributed by atoms with E-state index in [1.165, 1.54) is 5.56 Å². The number of amides is 1. The molecule has 1 aromatic heterocycles. The summed E-state index contributed by atoms with van der Waals surface area (Å²) >= 11 is 0. The number of hydrogen-bond acceptors (Lipinski definition) is 6. The second kappa shape index (κ2) is 14.3. The molecule has 1 N–H and O–H groups in total. The highest BCUT2D eigenvalue weighted by atomic mass is 16.5. The van der Waals surface area contributed by atoms with Gasteiger partial charge < -0.3 is 19.5 Å². The minimum absolute atomic E-state index is 0.0413. The number of carbonyl (C=O) groups is 2. The Labute approximate surface area is 254 Å². The van der Waals surface area contributed by atoms with Crippen LogP contribution < -0.4 is 5.32 Å². The average molecular weight is 580 g/mol. The van der Waals surface area contributed by atoms with Gasteiger partial charge in [0.25, 0.3) is 0 Å². The zero-order valence-corrected chi connectivity index (χ0v) is 25.3. The predicted molar refractivity (Wildman–Crippen MR) is 169 cm³/mol. The molecular formula is C36H41N3O4. The number of carbonyl (C=O) groups excluding carboxylic acids is 2. The van der Waals surface area contributed by atoms with Gasteiger partial charge in [0.15, 0.2) is 0 Å². The normalized spacial score (nSPS) is 14.9. The van der Waals surface area contributed by atoms with E-state index in [2.05, 4.69) is 27.5 Å². The van der Waals surface area contributed by atoms with Crippen molar-refractivity contribution in [2.75, 3.05) is 25.0 Å². The van der Waals surface area contributed by atoms with Crippen molar-refractivity contribution >= 4 is 17.6 Å². The van der Waals surface area contributed by atoms with Crippen LogP contribution in [-0.4, -0.2) is 41.6 Å². The molecule has 0 saturated carbocycles. The van der Waals surface area contributed by atoms with Crippen LogP contribution >= 0.6 is 0 Å². The maximum absolute atomic E-state index is 13.5. The second-order valence-corrected chi connectivity index (χ2v) is 11.7. The zero-order chi connectivity index (χ0) is 30.2. The van der Waals surface area contributed by atoms with Crippen molar-refractivity contribution in [3.63, 3.8) is 0 Å². The predicted octanol–water partition coefficient (Wildman–Crippen LogP) is 7.80. The van der Waals surface area contributed by atoms with Gasteiger partial charge in [-0.05, 0) is 81.4 Å². The van der Waals surface area contributed by atoms with Crippen molar-refractivity contribution in [1.29, 1.82) is 0 Å². The van der Waals surface area contributed by atoms with E-state index < -0.39 is 5.97 Å². The summed E-state index contributed by atoms with van der Waals surface area (Å²) in [6.07, 6.45) is 3.41. The number of likely N-dealkylation sites (tertiary alicyclic amines) is 1. The maximum atomic E-state index is 13.5. The molecule has 7 nitrogen and oxygen atoms in total. The van der Waals surface area contributed by atoms with Crippen LogP contribution in [0.5, 0.6) is 0 Å². The molecule has 0 spiro atoms. The van der Waals surface area contributed by atoms with Crippen molar-refractivity contribution in [1.82, 2.24) is 10.1 Å². The third kappa shape index (κ3) is 7.79. The SMILES string of the molecule is Cc1onc(-c2ccccc2)c1C(=O)OC(CCCN1CCC(c2cccc(NC(=O)C(C)C)c2)CC1)c1ccccc1. The van der Waals surface area contributed by atoms with Crippen molar-refractivity contribution in [3.05, 3.63) is 107 Å². The molecule has 4 aromatic rings. The molecule has 1 amide bonds. The number of aromatic nitrogens is 1. The lowest BCUT2D eigenvalue weighted by Crippen LogP contribution is -2.34. The largest absolute Gasteiger partial charge is 0.454 e. The van der Waals surface area contributed by atoms with Crippen LogP contribution in [0.3, 0.4) is 0 Å². The first-order valence-corrected chi connectivity index (χ1v) is 15.3. The van der Waals surface area contributed by atoms with Gasteiger partial charge in [-0.1, -0.05) is 91.8 Å². The Kier molecular flexibility index (Phi) is 10.1. The van der Waals surface area contributed by atoms with Crippen molar-refractivity contribution in [2.24, 2.45) is 5.92 Å². The molecule has 5 rings (SSSR count). The molecule has 1 atom stereocenters. The number of aryl methyl sites for hydroxylation is 1. The lowest BCUT2D eigenvalue weighted by atomic mass is 9.89. The Bertz CT molecular complexity index is 1490. The first-order chi connectivity index (χ1) is 20.9. The summed E-state index contributed by atoms with van der Waals surface area (Å²) in [5.41, 5.74) is 4.84. The maximum Gasteiger partial charge on any atom is 0.344 e. The number of rotatable bonds is 11. The first kappa shape index (κ1) is 30.2. The Morgan fingerprint density at radius 3 is 2.37 bits per heavy atom. The summed E-state index contributed by atoms with van der Waals surface area (Å²) in [6.45, 7) is 8.53. The van der Waals surface area contributed by atoms with Gasteiger partial charge >= 0.3 is 5.97 Å². The highest BCUT2D eigenvalue weighted by Gasteiger charge is 2.27. The molecule has 1 fully saturated rings. The number of piperidine rings is 1. The minimum Gasteiger partial charge on any atom is -0.454 e. The van der Waals surface area contributed by atoms with E-state index >= 15 is 0 Å². The molecule has 2 heterocycles. The van der Waals surface area contributed by atoms with E-state index in [-0.39, 0.29) is 17.9 Å². The van der Waals surface area contributed by atoms with Gasteiger partial charge in [0.1, 0.15) is 23.1 Å². The van der Waals surface area contributed by atoms with Crippen molar-refractivity contribution in [3.8, 4) is 11.3 Å². The molecule has 0 bridgehead atoms. The molecule has 43 heavy (non-hydrogen) atoms. The van der Waals surface area contributed by atoms with Gasteiger partial charge in [0, 0.05) is 17.2 Å². The quantitative estimate of drug-likeness (QED) is 0.183. The fourth-order valence-electron chi connectivity index (χ4n) is 5.70. The Hall–Kier alpha value is -4.23. The molecule has 3 aromatic carbocycles. The fourth-order valence-corrected chi connectivity index (χ4v) is 5.70. The number of ether oxygens (including phenoxy) is 1. The number of hydrogen-bond donors (Lipinski definition) is 1. The number of anilines is 1. The van der Waals surface area contributed by atoms with Crippen molar-refractivity contribution < 1.29 is 18.8 Å². The molecule has 0 radical (unpaired) electrons. The third-order valence-electron chi connectivity index (χ3n) is 8.21. The van der Waals surface area contributed by atoms with E-state index in [4.69, 9.17) is 9.26 Å². The summed E-state index contributed by atoms with van der Waals surface area (Å²) in [7, 11) is 0. The molecule has 1 aliphatic rings. The topological polar surface area (TPSA) is 84.7 Å². The zero-order valence-electron chi connectivity index (χ0n) is 25.3. The van der Waals surface area contributed by atoms with Crippen molar-refractivity contribution in [2.45, 2.75) is 58.5 Å². The van der Waals surface area contributed by atoms with Crippen LogP contribution in [0.1, 0.15) is 78.8 Å². The summed E-state index contributed by atoms with van der Waals surface area (Å²) in [6, 6.07) is 27.8.